The van der Waals surface area contributed by atoms with Crippen molar-refractivity contribution in [2.24, 2.45) is 0 Å². The van der Waals surface area contributed by atoms with E-state index in [9.17, 15) is 4.79 Å². The number of amides is 1. The van der Waals surface area contributed by atoms with E-state index in [1.807, 2.05) is 26.0 Å². The number of aromatic nitrogens is 2. The minimum Gasteiger partial charge on any atom is -0.359 e. The zero-order valence-electron chi connectivity index (χ0n) is 12.2. The lowest BCUT2D eigenvalue weighted by molar-refractivity contribution is 0.0901. The molecular formula is C16H17N3O2. The van der Waals surface area contributed by atoms with Crippen molar-refractivity contribution in [2.75, 3.05) is 0 Å². The maximum Gasteiger partial charge on any atom is 0.290 e. The second-order valence-corrected chi connectivity index (χ2v) is 5.33. The number of rotatable bonds is 3. The number of carbonyl (C=O) groups is 1. The molecule has 0 fully saturated rings. The third-order valence-corrected chi connectivity index (χ3v) is 3.58. The van der Waals surface area contributed by atoms with Crippen LogP contribution in [0.15, 0.2) is 35.0 Å². The van der Waals surface area contributed by atoms with E-state index >= 15 is 0 Å². The van der Waals surface area contributed by atoms with Crippen LogP contribution in [-0.4, -0.2) is 16.0 Å². The Morgan fingerprint density at radius 1 is 1.33 bits per heavy atom. The van der Waals surface area contributed by atoms with E-state index in [4.69, 9.17) is 4.52 Å². The van der Waals surface area contributed by atoms with E-state index in [1.54, 1.807) is 6.92 Å². The van der Waals surface area contributed by atoms with Gasteiger partial charge in [-0.05, 0) is 49.9 Å². The molecule has 2 aromatic heterocycles. The van der Waals surface area contributed by atoms with Crippen LogP contribution < -0.4 is 5.32 Å². The Kier molecular flexibility index (Phi) is 3.25. The van der Waals surface area contributed by atoms with E-state index in [0.717, 1.165) is 27.7 Å². The van der Waals surface area contributed by atoms with Crippen molar-refractivity contribution in [3.63, 3.8) is 0 Å². The summed E-state index contributed by atoms with van der Waals surface area (Å²) in [7, 11) is 0. The van der Waals surface area contributed by atoms with Crippen molar-refractivity contribution in [2.45, 2.75) is 26.8 Å². The Labute approximate surface area is 122 Å². The molecule has 108 valence electrons. The number of nitrogens with zero attached hydrogens (tertiary/aromatic N) is 1. The molecule has 1 unspecified atom stereocenters. The van der Waals surface area contributed by atoms with Gasteiger partial charge in [0.1, 0.15) is 0 Å². The lowest BCUT2D eigenvalue weighted by Crippen LogP contribution is -2.26. The van der Waals surface area contributed by atoms with Gasteiger partial charge in [0.25, 0.3) is 5.91 Å². The Morgan fingerprint density at radius 3 is 2.86 bits per heavy atom. The summed E-state index contributed by atoms with van der Waals surface area (Å²) in [5.41, 5.74) is 4.00. The quantitative estimate of drug-likeness (QED) is 0.775. The molecule has 0 bridgehead atoms. The molecule has 3 rings (SSSR count). The number of H-pyrrole nitrogens is 1. The van der Waals surface area contributed by atoms with Crippen molar-refractivity contribution >= 4 is 16.8 Å². The van der Waals surface area contributed by atoms with Gasteiger partial charge in [0.15, 0.2) is 0 Å². The summed E-state index contributed by atoms with van der Waals surface area (Å²) in [6.07, 6.45) is 1.54. The van der Waals surface area contributed by atoms with Crippen molar-refractivity contribution < 1.29 is 9.32 Å². The molecule has 1 aromatic carbocycles. The van der Waals surface area contributed by atoms with Crippen LogP contribution in [0.25, 0.3) is 10.9 Å². The van der Waals surface area contributed by atoms with Crippen LogP contribution in [0.4, 0.5) is 0 Å². The number of aryl methyl sites for hydroxylation is 2. The lowest BCUT2D eigenvalue weighted by atomic mass is 10.1. The highest BCUT2D eigenvalue weighted by molar-refractivity contribution is 5.93. The van der Waals surface area contributed by atoms with Crippen LogP contribution in [0.5, 0.6) is 0 Å². The Morgan fingerprint density at radius 2 is 2.14 bits per heavy atom. The first-order valence-electron chi connectivity index (χ1n) is 6.86. The highest BCUT2D eigenvalue weighted by Crippen LogP contribution is 2.21. The summed E-state index contributed by atoms with van der Waals surface area (Å²) in [6.45, 7) is 5.77. The molecule has 1 atom stereocenters. The maximum atomic E-state index is 12.1. The third-order valence-electron chi connectivity index (χ3n) is 3.58. The number of fused-ring (bicyclic) bond motifs is 1. The average molecular weight is 283 g/mol. The number of hydrogen-bond donors (Lipinski definition) is 2. The highest BCUT2D eigenvalue weighted by Gasteiger charge is 2.17. The molecule has 2 heterocycles. The van der Waals surface area contributed by atoms with E-state index in [0.29, 0.717) is 0 Å². The van der Waals surface area contributed by atoms with Gasteiger partial charge in [-0.25, -0.2) is 0 Å². The highest BCUT2D eigenvalue weighted by atomic mass is 16.5. The topological polar surface area (TPSA) is 70.9 Å². The molecule has 0 aliphatic heterocycles. The Hall–Kier alpha value is -2.56. The smallest absolute Gasteiger partial charge is 0.290 e. The first-order chi connectivity index (χ1) is 10.0. The predicted octanol–water partition coefficient (Wildman–Crippen LogP) is 3.26. The predicted molar refractivity (Wildman–Crippen MR) is 80.2 cm³/mol. The molecule has 0 saturated carbocycles. The molecule has 5 heteroatoms. The summed E-state index contributed by atoms with van der Waals surface area (Å²) < 4.78 is 4.97. The average Bonchev–Trinajstić information content (AvgIpc) is 3.02. The molecule has 1 amide bonds. The van der Waals surface area contributed by atoms with Crippen molar-refractivity contribution in [3.8, 4) is 0 Å². The van der Waals surface area contributed by atoms with Gasteiger partial charge < -0.3 is 14.8 Å². The van der Waals surface area contributed by atoms with Crippen LogP contribution in [0.3, 0.4) is 0 Å². The molecule has 2 N–H and O–H groups in total. The van der Waals surface area contributed by atoms with Crippen molar-refractivity contribution in [1.29, 1.82) is 0 Å². The van der Waals surface area contributed by atoms with E-state index in [1.165, 1.54) is 6.20 Å². The molecule has 0 aliphatic rings. The SMILES string of the molecule is Cc1cc2cc(C(C)NC(=O)c3oncc3C)ccc2[nH]1. The molecule has 0 aliphatic carbocycles. The Balaban J connectivity index is 1.81. The molecule has 21 heavy (non-hydrogen) atoms. The number of benzene rings is 1. The molecular weight excluding hydrogens is 266 g/mol. The van der Waals surface area contributed by atoms with Gasteiger partial charge in [-0.15, -0.1) is 0 Å². The van der Waals surface area contributed by atoms with Gasteiger partial charge in [0.05, 0.1) is 12.2 Å². The summed E-state index contributed by atoms with van der Waals surface area (Å²) in [5.74, 6) is 0.0169. The van der Waals surface area contributed by atoms with Crippen LogP contribution >= 0.6 is 0 Å². The standard InChI is InChI=1S/C16H17N3O2/c1-9-8-17-21-15(9)16(20)19-11(3)12-4-5-14-13(7-12)6-10(2)18-14/h4-8,11,18H,1-3H3,(H,19,20). The summed E-state index contributed by atoms with van der Waals surface area (Å²) in [4.78, 5) is 15.4. The van der Waals surface area contributed by atoms with Gasteiger partial charge >= 0.3 is 0 Å². The summed E-state index contributed by atoms with van der Waals surface area (Å²) in [5, 5.41) is 7.70. The van der Waals surface area contributed by atoms with Gasteiger partial charge in [0, 0.05) is 16.8 Å². The first-order valence-corrected chi connectivity index (χ1v) is 6.86. The second-order valence-electron chi connectivity index (χ2n) is 5.33. The second kappa shape index (κ2) is 5.09. The summed E-state index contributed by atoms with van der Waals surface area (Å²) in [6, 6.07) is 8.10. The molecule has 0 spiro atoms. The zero-order chi connectivity index (χ0) is 15.0. The largest absolute Gasteiger partial charge is 0.359 e. The lowest BCUT2D eigenvalue weighted by Gasteiger charge is -2.13. The fraction of sp³-hybridized carbons (Fsp3) is 0.250. The van der Waals surface area contributed by atoms with Gasteiger partial charge in [-0.2, -0.15) is 0 Å². The normalized spacial score (nSPS) is 12.5. The molecule has 0 saturated heterocycles. The number of carbonyl (C=O) groups excluding carboxylic acids is 1. The zero-order valence-corrected chi connectivity index (χ0v) is 12.2. The van der Waals surface area contributed by atoms with Crippen LogP contribution in [-0.2, 0) is 0 Å². The van der Waals surface area contributed by atoms with Crippen molar-refractivity contribution in [3.05, 3.63) is 53.0 Å². The van der Waals surface area contributed by atoms with E-state index < -0.39 is 0 Å². The minimum absolute atomic E-state index is 0.110. The third kappa shape index (κ3) is 2.54. The first kappa shape index (κ1) is 13.4. The summed E-state index contributed by atoms with van der Waals surface area (Å²) >= 11 is 0. The number of nitrogens with one attached hydrogen (secondary N) is 2. The van der Waals surface area contributed by atoms with Crippen LogP contribution in [0, 0.1) is 13.8 Å². The fourth-order valence-corrected chi connectivity index (χ4v) is 2.42. The van der Waals surface area contributed by atoms with Crippen molar-refractivity contribution in [1.82, 2.24) is 15.5 Å². The molecule has 5 nitrogen and oxygen atoms in total. The fourth-order valence-electron chi connectivity index (χ4n) is 2.42. The molecule has 3 aromatic rings. The maximum absolute atomic E-state index is 12.1. The van der Waals surface area contributed by atoms with E-state index in [-0.39, 0.29) is 17.7 Å². The minimum atomic E-state index is -0.247. The van der Waals surface area contributed by atoms with Crippen LogP contribution in [0.1, 0.15) is 40.3 Å². The number of aromatic amines is 1. The number of hydrogen-bond acceptors (Lipinski definition) is 3. The Bertz CT molecular complexity index is 801. The van der Waals surface area contributed by atoms with Gasteiger partial charge in [0.2, 0.25) is 5.76 Å². The van der Waals surface area contributed by atoms with E-state index in [2.05, 4.69) is 27.6 Å². The monoisotopic (exact) mass is 283 g/mol. The molecule has 0 radical (unpaired) electrons. The van der Waals surface area contributed by atoms with Crippen LogP contribution in [0.2, 0.25) is 0 Å². The van der Waals surface area contributed by atoms with Gasteiger partial charge in [-0.3, -0.25) is 4.79 Å². The van der Waals surface area contributed by atoms with Gasteiger partial charge in [-0.1, -0.05) is 11.2 Å².